The average Bonchev–Trinajstić information content (AvgIpc) is 3.35. The standard InChI is InChI=1S/C20H26N6O2/c1-12-10-13(2)25(22-12)9-7-19(27)24-8-5-6-17(24)16-11-18-21-15(4)14(3)20(28)26(18)23-16/h10-11,17,23H,5-9H2,1-4H3/t17-/m0/s1. The zero-order valence-electron chi connectivity index (χ0n) is 16.8. The maximum absolute atomic E-state index is 12.9. The number of fused-ring (bicyclic) bond motifs is 1. The van der Waals surface area contributed by atoms with Crippen molar-refractivity contribution in [2.75, 3.05) is 6.54 Å². The second-order valence-electron chi connectivity index (χ2n) is 7.68. The van der Waals surface area contributed by atoms with Crippen molar-refractivity contribution in [3.05, 3.63) is 50.8 Å². The van der Waals surface area contributed by atoms with E-state index in [1.54, 1.807) is 6.92 Å². The topological polar surface area (TPSA) is 88.3 Å². The predicted molar refractivity (Wildman–Crippen MR) is 105 cm³/mol. The summed E-state index contributed by atoms with van der Waals surface area (Å²) in [7, 11) is 0. The van der Waals surface area contributed by atoms with Crippen molar-refractivity contribution in [3.8, 4) is 0 Å². The van der Waals surface area contributed by atoms with E-state index in [1.165, 1.54) is 4.52 Å². The molecule has 4 rings (SSSR count). The van der Waals surface area contributed by atoms with Crippen LogP contribution in [0.15, 0.2) is 16.9 Å². The van der Waals surface area contributed by atoms with E-state index in [0.717, 1.165) is 42.2 Å². The van der Waals surface area contributed by atoms with E-state index in [-0.39, 0.29) is 17.5 Å². The van der Waals surface area contributed by atoms with E-state index < -0.39 is 0 Å². The molecule has 1 amide bonds. The maximum Gasteiger partial charge on any atom is 0.275 e. The molecule has 1 atom stereocenters. The number of aromatic nitrogens is 5. The summed E-state index contributed by atoms with van der Waals surface area (Å²) in [5.41, 5.74) is 4.78. The number of hydrogen-bond acceptors (Lipinski definition) is 4. The summed E-state index contributed by atoms with van der Waals surface area (Å²) >= 11 is 0. The highest BCUT2D eigenvalue weighted by molar-refractivity contribution is 5.77. The molecular weight excluding hydrogens is 356 g/mol. The van der Waals surface area contributed by atoms with Gasteiger partial charge in [-0.3, -0.25) is 19.4 Å². The Kier molecular flexibility index (Phi) is 4.56. The minimum atomic E-state index is -0.0887. The van der Waals surface area contributed by atoms with Crippen LogP contribution in [0.2, 0.25) is 0 Å². The van der Waals surface area contributed by atoms with Crippen molar-refractivity contribution in [1.82, 2.24) is 29.3 Å². The Labute approximate surface area is 163 Å². The van der Waals surface area contributed by atoms with Crippen LogP contribution in [0, 0.1) is 27.7 Å². The summed E-state index contributed by atoms with van der Waals surface area (Å²) in [6, 6.07) is 3.86. The summed E-state index contributed by atoms with van der Waals surface area (Å²) in [5, 5.41) is 7.61. The normalized spacial score (nSPS) is 17.0. The summed E-state index contributed by atoms with van der Waals surface area (Å²) in [6.45, 7) is 8.89. The number of aryl methyl sites for hydroxylation is 4. The van der Waals surface area contributed by atoms with Crippen LogP contribution in [0.1, 0.15) is 53.6 Å². The first-order valence-corrected chi connectivity index (χ1v) is 9.74. The molecule has 1 N–H and O–H groups in total. The van der Waals surface area contributed by atoms with E-state index in [9.17, 15) is 9.59 Å². The number of rotatable bonds is 4. The predicted octanol–water partition coefficient (Wildman–Crippen LogP) is 2.21. The fourth-order valence-corrected chi connectivity index (χ4v) is 4.04. The van der Waals surface area contributed by atoms with Gasteiger partial charge in [-0.25, -0.2) is 9.50 Å². The first-order valence-electron chi connectivity index (χ1n) is 9.74. The molecule has 8 nitrogen and oxygen atoms in total. The van der Waals surface area contributed by atoms with Crippen LogP contribution in [-0.2, 0) is 11.3 Å². The Hall–Kier alpha value is -2.90. The molecular formula is C20H26N6O2. The third-order valence-electron chi connectivity index (χ3n) is 5.68. The van der Waals surface area contributed by atoms with Crippen LogP contribution in [0.5, 0.6) is 0 Å². The highest BCUT2D eigenvalue weighted by Crippen LogP contribution is 2.32. The molecule has 4 heterocycles. The Balaban J connectivity index is 1.55. The van der Waals surface area contributed by atoms with Gasteiger partial charge in [-0.05, 0) is 46.6 Å². The first kappa shape index (κ1) is 18.5. The quantitative estimate of drug-likeness (QED) is 0.749. The van der Waals surface area contributed by atoms with Gasteiger partial charge in [-0.15, -0.1) is 0 Å². The molecule has 0 radical (unpaired) electrons. The number of nitrogens with zero attached hydrogens (tertiary/aromatic N) is 5. The van der Waals surface area contributed by atoms with Crippen LogP contribution in [0.3, 0.4) is 0 Å². The number of hydrogen-bond donors (Lipinski definition) is 1. The number of aromatic amines is 1. The summed E-state index contributed by atoms with van der Waals surface area (Å²) in [4.78, 5) is 31.8. The third-order valence-corrected chi connectivity index (χ3v) is 5.68. The van der Waals surface area contributed by atoms with Gasteiger partial charge >= 0.3 is 0 Å². The lowest BCUT2D eigenvalue weighted by molar-refractivity contribution is -0.132. The highest BCUT2D eigenvalue weighted by atomic mass is 16.2. The van der Waals surface area contributed by atoms with Crippen molar-refractivity contribution >= 4 is 11.6 Å². The van der Waals surface area contributed by atoms with Gasteiger partial charge in [0.2, 0.25) is 5.91 Å². The molecule has 148 valence electrons. The van der Waals surface area contributed by atoms with E-state index in [0.29, 0.717) is 24.2 Å². The molecule has 0 spiro atoms. The number of carbonyl (C=O) groups is 1. The fourth-order valence-electron chi connectivity index (χ4n) is 4.04. The Morgan fingerprint density at radius 1 is 1.25 bits per heavy atom. The summed E-state index contributed by atoms with van der Waals surface area (Å²) in [6.07, 6.45) is 2.24. The summed E-state index contributed by atoms with van der Waals surface area (Å²) < 4.78 is 3.37. The van der Waals surface area contributed by atoms with Crippen molar-refractivity contribution < 1.29 is 4.79 Å². The second kappa shape index (κ2) is 6.92. The van der Waals surface area contributed by atoms with Gasteiger partial charge in [-0.2, -0.15) is 5.10 Å². The molecule has 0 unspecified atom stereocenters. The maximum atomic E-state index is 12.9. The molecule has 0 aliphatic carbocycles. The lowest BCUT2D eigenvalue weighted by Crippen LogP contribution is -2.31. The number of H-pyrrole nitrogens is 1. The van der Waals surface area contributed by atoms with Gasteiger partial charge in [0.15, 0.2) is 5.65 Å². The minimum absolute atomic E-state index is 0.0466. The van der Waals surface area contributed by atoms with E-state index in [4.69, 9.17) is 0 Å². The smallest absolute Gasteiger partial charge is 0.275 e. The Morgan fingerprint density at radius 3 is 2.75 bits per heavy atom. The average molecular weight is 382 g/mol. The highest BCUT2D eigenvalue weighted by Gasteiger charge is 2.31. The van der Waals surface area contributed by atoms with E-state index in [1.807, 2.05) is 42.5 Å². The van der Waals surface area contributed by atoms with Crippen molar-refractivity contribution in [2.45, 2.75) is 59.5 Å². The summed E-state index contributed by atoms with van der Waals surface area (Å²) in [5.74, 6) is 0.112. The monoisotopic (exact) mass is 382 g/mol. The van der Waals surface area contributed by atoms with Gasteiger partial charge in [0.25, 0.3) is 5.56 Å². The van der Waals surface area contributed by atoms with E-state index >= 15 is 0 Å². The fraction of sp³-hybridized carbons (Fsp3) is 0.500. The van der Waals surface area contributed by atoms with Gasteiger partial charge < -0.3 is 4.90 Å². The molecule has 1 aliphatic heterocycles. The molecule has 1 saturated heterocycles. The molecule has 8 heteroatoms. The van der Waals surface area contributed by atoms with Crippen LogP contribution in [0.4, 0.5) is 0 Å². The number of amides is 1. The van der Waals surface area contributed by atoms with Crippen LogP contribution in [0.25, 0.3) is 5.65 Å². The SMILES string of the molecule is Cc1cc(C)n(CCC(=O)N2CCC[C@H]2c2cc3nc(C)c(C)c(=O)n3[nH]2)n1. The Bertz CT molecular complexity index is 1110. The van der Waals surface area contributed by atoms with E-state index in [2.05, 4.69) is 15.2 Å². The van der Waals surface area contributed by atoms with Crippen molar-refractivity contribution in [3.63, 3.8) is 0 Å². The van der Waals surface area contributed by atoms with Crippen LogP contribution < -0.4 is 5.56 Å². The van der Waals surface area contributed by atoms with Crippen molar-refractivity contribution in [1.29, 1.82) is 0 Å². The molecule has 0 saturated carbocycles. The number of nitrogens with one attached hydrogen (secondary N) is 1. The molecule has 1 fully saturated rings. The molecule has 0 bridgehead atoms. The van der Waals surface area contributed by atoms with Gasteiger partial charge in [-0.1, -0.05) is 0 Å². The number of likely N-dealkylation sites (tertiary alicyclic amines) is 1. The second-order valence-corrected chi connectivity index (χ2v) is 7.68. The van der Waals surface area contributed by atoms with Gasteiger partial charge in [0, 0.05) is 42.5 Å². The van der Waals surface area contributed by atoms with Crippen molar-refractivity contribution in [2.24, 2.45) is 0 Å². The van der Waals surface area contributed by atoms with Crippen LogP contribution in [-0.4, -0.2) is 41.7 Å². The zero-order valence-corrected chi connectivity index (χ0v) is 16.8. The lowest BCUT2D eigenvalue weighted by atomic mass is 10.1. The first-order chi connectivity index (χ1) is 13.3. The van der Waals surface area contributed by atoms with Gasteiger partial charge in [0.1, 0.15) is 0 Å². The molecule has 3 aromatic rings. The lowest BCUT2D eigenvalue weighted by Gasteiger charge is -2.24. The minimum Gasteiger partial charge on any atom is -0.334 e. The molecule has 28 heavy (non-hydrogen) atoms. The third kappa shape index (κ3) is 3.12. The molecule has 3 aromatic heterocycles. The van der Waals surface area contributed by atoms with Gasteiger partial charge in [0.05, 0.1) is 17.4 Å². The molecule has 0 aromatic carbocycles. The Morgan fingerprint density at radius 2 is 2.04 bits per heavy atom. The largest absolute Gasteiger partial charge is 0.334 e. The number of carbonyl (C=O) groups excluding carboxylic acids is 1. The zero-order chi connectivity index (χ0) is 20.0. The molecule has 1 aliphatic rings. The van der Waals surface area contributed by atoms with Crippen LogP contribution >= 0.6 is 0 Å².